The van der Waals surface area contributed by atoms with E-state index in [1.807, 2.05) is 42.9 Å². The van der Waals surface area contributed by atoms with Gasteiger partial charge in [-0.3, -0.25) is 4.90 Å². The summed E-state index contributed by atoms with van der Waals surface area (Å²) in [5.74, 6) is 1.80. The first-order valence-corrected chi connectivity index (χ1v) is 9.26. The number of fused-ring (bicyclic) bond motifs is 1. The van der Waals surface area contributed by atoms with Gasteiger partial charge in [-0.25, -0.2) is 9.67 Å². The van der Waals surface area contributed by atoms with Crippen LogP contribution in [0.15, 0.2) is 30.6 Å². The van der Waals surface area contributed by atoms with Crippen molar-refractivity contribution in [2.75, 3.05) is 6.54 Å². The van der Waals surface area contributed by atoms with Gasteiger partial charge in [0.25, 0.3) is 0 Å². The van der Waals surface area contributed by atoms with Crippen molar-refractivity contribution in [3.8, 4) is 6.07 Å². The molecule has 0 radical (unpaired) electrons. The fraction of sp³-hybridized carbons (Fsp3) is 0.450. The molecule has 1 fully saturated rings. The highest BCUT2D eigenvalue weighted by molar-refractivity contribution is 5.65. The summed E-state index contributed by atoms with van der Waals surface area (Å²) in [7, 11) is 0. The average Bonchev–Trinajstić information content (AvgIpc) is 3.15. The highest BCUT2D eigenvalue weighted by Crippen LogP contribution is 2.25. The third-order valence-corrected chi connectivity index (χ3v) is 5.34. The van der Waals surface area contributed by atoms with Crippen molar-refractivity contribution in [1.82, 2.24) is 24.1 Å². The molecule has 4 rings (SSSR count). The van der Waals surface area contributed by atoms with Crippen LogP contribution >= 0.6 is 0 Å². The minimum atomic E-state index is 0.429. The molecule has 0 N–H and O–H groups in total. The monoisotopic (exact) mass is 348 g/mol. The van der Waals surface area contributed by atoms with Crippen LogP contribution in [0.3, 0.4) is 0 Å². The molecule has 0 amide bonds. The molecule has 0 unspecified atom stereocenters. The zero-order valence-electron chi connectivity index (χ0n) is 15.4. The topological polar surface area (TPSA) is 62.2 Å². The van der Waals surface area contributed by atoms with Gasteiger partial charge in [-0.15, -0.1) is 0 Å². The van der Waals surface area contributed by atoms with Crippen molar-refractivity contribution in [2.45, 2.75) is 52.2 Å². The van der Waals surface area contributed by atoms with E-state index in [0.29, 0.717) is 6.04 Å². The first kappa shape index (κ1) is 16.8. The van der Waals surface area contributed by atoms with E-state index in [4.69, 9.17) is 0 Å². The maximum Gasteiger partial charge on any atom is 0.147 e. The standard InChI is InChI=1S/C20H24N6/c1-15-22-16(2)26(23-15)14-18-7-3-5-9-24(18)12-17-13-25-10-6-4-8-20(25)19(17)11-21/h4,6,8,10,13,18H,3,5,7,9,12,14H2,1-2H3/t18-/m1/s1. The van der Waals surface area contributed by atoms with Gasteiger partial charge in [0, 0.05) is 30.5 Å². The van der Waals surface area contributed by atoms with Crippen LogP contribution in [-0.4, -0.2) is 36.7 Å². The molecule has 0 spiro atoms. The number of aromatic nitrogens is 4. The van der Waals surface area contributed by atoms with Gasteiger partial charge in [0.1, 0.15) is 17.7 Å². The molecule has 3 aromatic rings. The van der Waals surface area contributed by atoms with Crippen molar-refractivity contribution < 1.29 is 0 Å². The molecule has 1 saturated heterocycles. The highest BCUT2D eigenvalue weighted by Gasteiger charge is 2.25. The summed E-state index contributed by atoms with van der Waals surface area (Å²) in [5.41, 5.74) is 2.89. The Balaban J connectivity index is 1.59. The second kappa shape index (κ2) is 6.93. The lowest BCUT2D eigenvalue weighted by Crippen LogP contribution is -2.42. The van der Waals surface area contributed by atoms with Crippen molar-refractivity contribution in [3.05, 3.63) is 53.4 Å². The zero-order chi connectivity index (χ0) is 18.1. The summed E-state index contributed by atoms with van der Waals surface area (Å²) in [6, 6.07) is 8.83. The number of hydrogen-bond donors (Lipinski definition) is 0. The predicted octanol–water partition coefficient (Wildman–Crippen LogP) is 3.07. The molecule has 1 aliphatic heterocycles. The normalized spacial score (nSPS) is 18.3. The Bertz CT molecular complexity index is 960. The van der Waals surface area contributed by atoms with Crippen LogP contribution in [0.1, 0.15) is 42.0 Å². The Morgan fingerprint density at radius 3 is 2.92 bits per heavy atom. The lowest BCUT2D eigenvalue weighted by Gasteiger charge is -2.35. The van der Waals surface area contributed by atoms with Gasteiger partial charge in [-0.1, -0.05) is 12.5 Å². The smallest absolute Gasteiger partial charge is 0.147 e. The number of likely N-dealkylation sites (tertiary alicyclic amines) is 1. The number of nitriles is 1. The molecule has 0 aliphatic carbocycles. The van der Waals surface area contributed by atoms with Gasteiger partial charge in [0.05, 0.1) is 17.6 Å². The van der Waals surface area contributed by atoms with Crippen molar-refractivity contribution in [3.63, 3.8) is 0 Å². The Morgan fingerprint density at radius 2 is 2.15 bits per heavy atom. The quantitative estimate of drug-likeness (QED) is 0.727. The molecule has 6 heteroatoms. The van der Waals surface area contributed by atoms with Gasteiger partial charge >= 0.3 is 0 Å². The third-order valence-electron chi connectivity index (χ3n) is 5.34. The van der Waals surface area contributed by atoms with Crippen LogP contribution in [0.25, 0.3) is 5.52 Å². The summed E-state index contributed by atoms with van der Waals surface area (Å²) in [6.45, 7) is 6.69. The van der Waals surface area contributed by atoms with Gasteiger partial charge in [0.2, 0.25) is 0 Å². The molecular weight excluding hydrogens is 324 g/mol. The van der Waals surface area contributed by atoms with Crippen LogP contribution in [0.2, 0.25) is 0 Å². The summed E-state index contributed by atoms with van der Waals surface area (Å²) in [4.78, 5) is 6.94. The Hall–Kier alpha value is -2.65. The molecular formula is C20H24N6. The molecule has 134 valence electrons. The lowest BCUT2D eigenvalue weighted by atomic mass is 10.0. The maximum absolute atomic E-state index is 9.67. The highest BCUT2D eigenvalue weighted by atomic mass is 15.4. The molecule has 1 atom stereocenters. The fourth-order valence-corrected chi connectivity index (χ4v) is 4.05. The van der Waals surface area contributed by atoms with E-state index >= 15 is 0 Å². The summed E-state index contributed by atoms with van der Waals surface area (Å²) < 4.78 is 4.08. The Labute approximate surface area is 153 Å². The molecule has 26 heavy (non-hydrogen) atoms. The minimum Gasteiger partial charge on any atom is -0.322 e. The summed E-state index contributed by atoms with van der Waals surface area (Å²) in [5, 5.41) is 14.2. The van der Waals surface area contributed by atoms with Gasteiger partial charge in [-0.05, 0) is 45.4 Å². The summed E-state index contributed by atoms with van der Waals surface area (Å²) >= 11 is 0. The van der Waals surface area contributed by atoms with Crippen LogP contribution in [0, 0.1) is 25.2 Å². The SMILES string of the molecule is Cc1nc(C)n(C[C@H]2CCCCN2Cc2cn3ccccc3c2C#N)n1. The third kappa shape index (κ3) is 3.11. The lowest BCUT2D eigenvalue weighted by molar-refractivity contribution is 0.121. The number of aryl methyl sites for hydroxylation is 2. The average molecular weight is 348 g/mol. The van der Waals surface area contributed by atoms with Gasteiger partial charge < -0.3 is 4.40 Å². The largest absolute Gasteiger partial charge is 0.322 e. The van der Waals surface area contributed by atoms with Crippen LogP contribution in [-0.2, 0) is 13.1 Å². The Morgan fingerprint density at radius 1 is 1.27 bits per heavy atom. The first-order valence-electron chi connectivity index (χ1n) is 9.26. The van der Waals surface area contributed by atoms with Crippen LogP contribution in [0.4, 0.5) is 0 Å². The molecule has 6 nitrogen and oxygen atoms in total. The second-order valence-corrected chi connectivity index (χ2v) is 7.14. The van der Waals surface area contributed by atoms with Crippen LogP contribution in [0.5, 0.6) is 0 Å². The number of piperidine rings is 1. The fourth-order valence-electron chi connectivity index (χ4n) is 4.05. The van der Waals surface area contributed by atoms with Gasteiger partial charge in [-0.2, -0.15) is 10.4 Å². The van der Waals surface area contributed by atoms with E-state index in [1.165, 1.54) is 12.8 Å². The molecule has 3 aromatic heterocycles. The molecule has 0 aromatic carbocycles. The van der Waals surface area contributed by atoms with Gasteiger partial charge in [0.15, 0.2) is 0 Å². The first-order chi connectivity index (χ1) is 12.7. The maximum atomic E-state index is 9.67. The number of nitrogens with zero attached hydrogens (tertiary/aromatic N) is 6. The van der Waals surface area contributed by atoms with E-state index in [-0.39, 0.29) is 0 Å². The second-order valence-electron chi connectivity index (χ2n) is 7.14. The van der Waals surface area contributed by atoms with E-state index in [1.54, 1.807) is 0 Å². The Kier molecular flexibility index (Phi) is 4.48. The number of rotatable bonds is 4. The molecule has 4 heterocycles. The van der Waals surface area contributed by atoms with Crippen molar-refractivity contribution in [2.24, 2.45) is 0 Å². The van der Waals surface area contributed by atoms with E-state index in [0.717, 1.165) is 54.3 Å². The van der Waals surface area contributed by atoms with Crippen LogP contribution < -0.4 is 0 Å². The number of hydrogen-bond acceptors (Lipinski definition) is 4. The van der Waals surface area contributed by atoms with E-state index in [9.17, 15) is 5.26 Å². The molecule has 0 saturated carbocycles. The summed E-state index contributed by atoms with van der Waals surface area (Å²) in [6.07, 6.45) is 7.73. The molecule has 0 bridgehead atoms. The van der Waals surface area contributed by atoms with Crippen molar-refractivity contribution in [1.29, 1.82) is 5.26 Å². The number of pyridine rings is 1. The zero-order valence-corrected chi connectivity index (χ0v) is 15.4. The molecule has 1 aliphatic rings. The van der Waals surface area contributed by atoms with E-state index < -0.39 is 0 Å². The van der Waals surface area contributed by atoms with Crippen molar-refractivity contribution >= 4 is 5.52 Å². The minimum absolute atomic E-state index is 0.429. The van der Waals surface area contributed by atoms with E-state index in [2.05, 4.69) is 31.6 Å². The predicted molar refractivity (Wildman–Crippen MR) is 99.7 cm³/mol.